The van der Waals surface area contributed by atoms with Crippen LogP contribution in [0.25, 0.3) is 0 Å². The van der Waals surface area contributed by atoms with Crippen LogP contribution in [0.1, 0.15) is 24.2 Å². The van der Waals surface area contributed by atoms with Gasteiger partial charge in [-0.05, 0) is 37.1 Å². The van der Waals surface area contributed by atoms with Gasteiger partial charge in [-0.25, -0.2) is 0 Å². The molecule has 3 heteroatoms. The summed E-state index contributed by atoms with van der Waals surface area (Å²) in [6, 6.07) is 3.76. The van der Waals surface area contributed by atoms with Crippen LogP contribution in [-0.2, 0) is 0 Å². The lowest BCUT2D eigenvalue weighted by molar-refractivity contribution is 0.198. The molecule has 13 heavy (non-hydrogen) atoms. The Morgan fingerprint density at radius 2 is 2.08 bits per heavy atom. The molecule has 1 aromatic rings. The summed E-state index contributed by atoms with van der Waals surface area (Å²) in [5.41, 5.74) is 1.92. The predicted octanol–water partition coefficient (Wildman–Crippen LogP) is 2.82. The minimum Gasteiger partial charge on any atom is -0.497 e. The van der Waals surface area contributed by atoms with Crippen LogP contribution in [0.5, 0.6) is 5.75 Å². The second kappa shape index (κ2) is 4.11. The SMILES string of the molecule is COc1cc(C)c(Br)c(C(C)O)c1. The second-order valence-corrected chi connectivity index (χ2v) is 3.82. The lowest BCUT2D eigenvalue weighted by Crippen LogP contribution is -1.96. The van der Waals surface area contributed by atoms with Crippen molar-refractivity contribution in [2.24, 2.45) is 0 Å². The van der Waals surface area contributed by atoms with Crippen LogP contribution in [0.4, 0.5) is 0 Å². The van der Waals surface area contributed by atoms with Crippen molar-refractivity contribution in [1.82, 2.24) is 0 Å². The maximum absolute atomic E-state index is 9.46. The molecule has 0 spiro atoms. The van der Waals surface area contributed by atoms with Gasteiger partial charge in [0.05, 0.1) is 13.2 Å². The zero-order valence-corrected chi connectivity index (χ0v) is 9.55. The summed E-state index contributed by atoms with van der Waals surface area (Å²) in [6.07, 6.45) is -0.483. The molecule has 0 saturated carbocycles. The van der Waals surface area contributed by atoms with Crippen LogP contribution in [0.2, 0.25) is 0 Å². The maximum Gasteiger partial charge on any atom is 0.119 e. The number of benzene rings is 1. The minimum absolute atomic E-state index is 0.483. The lowest BCUT2D eigenvalue weighted by atomic mass is 10.1. The van der Waals surface area contributed by atoms with Gasteiger partial charge in [0.25, 0.3) is 0 Å². The number of hydrogen-bond acceptors (Lipinski definition) is 2. The summed E-state index contributed by atoms with van der Waals surface area (Å²) in [5.74, 6) is 0.775. The predicted molar refractivity (Wildman–Crippen MR) is 56.1 cm³/mol. The normalized spacial score (nSPS) is 12.7. The van der Waals surface area contributed by atoms with Crippen molar-refractivity contribution in [3.8, 4) is 5.75 Å². The van der Waals surface area contributed by atoms with Gasteiger partial charge in [0.2, 0.25) is 0 Å². The largest absolute Gasteiger partial charge is 0.497 e. The molecule has 0 heterocycles. The number of ether oxygens (including phenoxy) is 1. The molecule has 0 bridgehead atoms. The van der Waals surface area contributed by atoms with E-state index in [1.807, 2.05) is 19.1 Å². The van der Waals surface area contributed by atoms with Gasteiger partial charge in [0.1, 0.15) is 5.75 Å². The molecule has 0 amide bonds. The number of aliphatic hydroxyl groups is 1. The van der Waals surface area contributed by atoms with E-state index in [0.29, 0.717) is 0 Å². The molecule has 1 rings (SSSR count). The number of methoxy groups -OCH3 is 1. The molecule has 0 saturated heterocycles. The standard InChI is InChI=1S/C10H13BrO2/c1-6-4-8(13-3)5-9(7(2)12)10(6)11/h4-5,7,12H,1-3H3. The van der Waals surface area contributed by atoms with Crippen molar-refractivity contribution in [3.63, 3.8) is 0 Å². The van der Waals surface area contributed by atoms with Crippen LogP contribution in [0.3, 0.4) is 0 Å². The lowest BCUT2D eigenvalue weighted by Gasteiger charge is -2.12. The summed E-state index contributed by atoms with van der Waals surface area (Å²) in [5, 5.41) is 9.46. The molecular formula is C10H13BrO2. The Bertz CT molecular complexity index is 308. The molecule has 0 aromatic heterocycles. The highest BCUT2D eigenvalue weighted by atomic mass is 79.9. The van der Waals surface area contributed by atoms with Gasteiger partial charge in [-0.2, -0.15) is 0 Å². The number of halogens is 1. The molecule has 2 nitrogen and oxygen atoms in total. The van der Waals surface area contributed by atoms with E-state index in [2.05, 4.69) is 15.9 Å². The molecule has 1 N–H and O–H groups in total. The molecule has 1 aromatic carbocycles. The van der Waals surface area contributed by atoms with Crippen molar-refractivity contribution in [2.75, 3.05) is 7.11 Å². The Labute approximate surface area is 86.7 Å². The Hall–Kier alpha value is -0.540. The van der Waals surface area contributed by atoms with Gasteiger partial charge >= 0.3 is 0 Å². The van der Waals surface area contributed by atoms with Crippen LogP contribution in [0.15, 0.2) is 16.6 Å². The Morgan fingerprint density at radius 1 is 1.46 bits per heavy atom. The molecule has 1 atom stereocenters. The van der Waals surface area contributed by atoms with Crippen molar-refractivity contribution in [1.29, 1.82) is 0 Å². The molecular weight excluding hydrogens is 232 g/mol. The maximum atomic E-state index is 9.46. The molecule has 0 aliphatic heterocycles. The summed E-state index contributed by atoms with van der Waals surface area (Å²) in [6.45, 7) is 3.71. The third kappa shape index (κ3) is 2.23. The van der Waals surface area contributed by atoms with Gasteiger partial charge in [-0.3, -0.25) is 0 Å². The van der Waals surface area contributed by atoms with E-state index in [1.165, 1.54) is 0 Å². The summed E-state index contributed by atoms with van der Waals surface area (Å²) < 4.78 is 6.06. The zero-order chi connectivity index (χ0) is 10.0. The van der Waals surface area contributed by atoms with Gasteiger partial charge in [0.15, 0.2) is 0 Å². The second-order valence-electron chi connectivity index (χ2n) is 3.02. The molecule has 0 fully saturated rings. The average molecular weight is 245 g/mol. The van der Waals surface area contributed by atoms with Gasteiger partial charge in [0, 0.05) is 4.47 Å². The average Bonchev–Trinajstić information content (AvgIpc) is 2.09. The molecule has 72 valence electrons. The highest BCUT2D eigenvalue weighted by Gasteiger charge is 2.10. The van der Waals surface area contributed by atoms with E-state index in [4.69, 9.17) is 4.74 Å². The van der Waals surface area contributed by atoms with Crippen molar-refractivity contribution in [2.45, 2.75) is 20.0 Å². The van der Waals surface area contributed by atoms with E-state index >= 15 is 0 Å². The van der Waals surface area contributed by atoms with E-state index in [0.717, 1.165) is 21.3 Å². The number of rotatable bonds is 2. The fraction of sp³-hybridized carbons (Fsp3) is 0.400. The number of aliphatic hydroxyl groups excluding tert-OH is 1. The zero-order valence-electron chi connectivity index (χ0n) is 7.97. The van der Waals surface area contributed by atoms with Crippen LogP contribution in [-0.4, -0.2) is 12.2 Å². The summed E-state index contributed by atoms with van der Waals surface area (Å²) in [4.78, 5) is 0. The molecule has 0 aliphatic rings. The van der Waals surface area contributed by atoms with E-state index < -0.39 is 6.10 Å². The fourth-order valence-corrected chi connectivity index (χ4v) is 1.74. The Morgan fingerprint density at radius 3 is 2.54 bits per heavy atom. The first-order valence-electron chi connectivity index (χ1n) is 4.08. The van der Waals surface area contributed by atoms with Gasteiger partial charge < -0.3 is 9.84 Å². The fourth-order valence-electron chi connectivity index (χ4n) is 1.18. The Balaban J connectivity index is 3.25. The topological polar surface area (TPSA) is 29.5 Å². The van der Waals surface area contributed by atoms with Crippen LogP contribution < -0.4 is 4.74 Å². The van der Waals surface area contributed by atoms with E-state index in [-0.39, 0.29) is 0 Å². The highest BCUT2D eigenvalue weighted by Crippen LogP contribution is 2.30. The monoisotopic (exact) mass is 244 g/mol. The highest BCUT2D eigenvalue weighted by molar-refractivity contribution is 9.10. The van der Waals surface area contributed by atoms with Crippen molar-refractivity contribution >= 4 is 15.9 Å². The van der Waals surface area contributed by atoms with Gasteiger partial charge in [-0.15, -0.1) is 0 Å². The van der Waals surface area contributed by atoms with Crippen molar-refractivity contribution < 1.29 is 9.84 Å². The first-order chi connectivity index (χ1) is 6.06. The third-order valence-electron chi connectivity index (χ3n) is 1.94. The number of aryl methyl sites for hydroxylation is 1. The molecule has 0 aliphatic carbocycles. The quantitative estimate of drug-likeness (QED) is 0.868. The first-order valence-corrected chi connectivity index (χ1v) is 4.87. The minimum atomic E-state index is -0.483. The van der Waals surface area contributed by atoms with Crippen LogP contribution in [0, 0.1) is 6.92 Å². The Kier molecular flexibility index (Phi) is 3.33. The summed E-state index contributed by atoms with van der Waals surface area (Å²) >= 11 is 3.43. The molecule has 1 unspecified atom stereocenters. The van der Waals surface area contributed by atoms with Crippen LogP contribution >= 0.6 is 15.9 Å². The van der Waals surface area contributed by atoms with E-state index in [1.54, 1.807) is 14.0 Å². The number of hydrogen-bond donors (Lipinski definition) is 1. The summed E-state index contributed by atoms with van der Waals surface area (Å²) in [7, 11) is 1.62. The van der Waals surface area contributed by atoms with Gasteiger partial charge in [-0.1, -0.05) is 15.9 Å². The molecule has 0 radical (unpaired) electrons. The van der Waals surface area contributed by atoms with E-state index in [9.17, 15) is 5.11 Å². The van der Waals surface area contributed by atoms with Crippen molar-refractivity contribution in [3.05, 3.63) is 27.7 Å². The third-order valence-corrected chi connectivity index (χ3v) is 3.03. The smallest absolute Gasteiger partial charge is 0.119 e. The first kappa shape index (κ1) is 10.5.